The van der Waals surface area contributed by atoms with Crippen molar-refractivity contribution in [3.63, 3.8) is 0 Å². The monoisotopic (exact) mass is 182 g/mol. The van der Waals surface area contributed by atoms with Gasteiger partial charge in [-0.1, -0.05) is 6.92 Å². The summed E-state index contributed by atoms with van der Waals surface area (Å²) < 4.78 is 1.79. The summed E-state index contributed by atoms with van der Waals surface area (Å²) in [5.41, 5.74) is 5.84. The summed E-state index contributed by atoms with van der Waals surface area (Å²) in [5.74, 6) is 0.978. The summed E-state index contributed by atoms with van der Waals surface area (Å²) in [4.78, 5) is 2.08. The number of nitrogens with zero attached hydrogens (tertiary/aromatic N) is 3. The fourth-order valence-electron chi connectivity index (χ4n) is 1.18. The lowest BCUT2D eigenvalue weighted by atomic mass is 10.2. The summed E-state index contributed by atoms with van der Waals surface area (Å²) in [7, 11) is 3.93. The number of anilines is 1. The van der Waals surface area contributed by atoms with Crippen molar-refractivity contribution in [3.8, 4) is 0 Å². The predicted molar refractivity (Wildman–Crippen MR) is 54.7 cm³/mol. The van der Waals surface area contributed by atoms with E-state index < -0.39 is 0 Å². The van der Waals surface area contributed by atoms with Crippen molar-refractivity contribution in [1.82, 2.24) is 9.78 Å². The lowest BCUT2D eigenvalue weighted by molar-refractivity contribution is 0.632. The lowest BCUT2D eigenvalue weighted by Gasteiger charge is -2.19. The number of aryl methyl sites for hydroxylation is 1. The molecule has 0 aromatic carbocycles. The Bertz CT molecular complexity index is 256. The van der Waals surface area contributed by atoms with E-state index >= 15 is 0 Å². The van der Waals surface area contributed by atoms with E-state index in [1.54, 1.807) is 4.68 Å². The highest BCUT2D eigenvalue weighted by Crippen LogP contribution is 2.07. The van der Waals surface area contributed by atoms with Crippen LogP contribution in [0.3, 0.4) is 0 Å². The average Bonchev–Trinajstić information content (AvgIpc) is 2.51. The number of nitrogens with two attached hydrogens (primary N) is 1. The number of aromatic nitrogens is 2. The zero-order valence-corrected chi connectivity index (χ0v) is 8.57. The average molecular weight is 182 g/mol. The molecule has 1 atom stereocenters. The van der Waals surface area contributed by atoms with Crippen LogP contribution in [0.2, 0.25) is 0 Å². The maximum absolute atomic E-state index is 5.84. The molecule has 1 aromatic heterocycles. The highest BCUT2D eigenvalue weighted by atomic mass is 15.3. The number of rotatable bonds is 4. The van der Waals surface area contributed by atoms with E-state index in [0.717, 1.165) is 18.8 Å². The molecule has 1 heterocycles. The lowest BCUT2D eigenvalue weighted by Crippen LogP contribution is -2.34. The molecule has 0 aliphatic heterocycles. The first-order valence-electron chi connectivity index (χ1n) is 4.60. The van der Waals surface area contributed by atoms with Gasteiger partial charge < -0.3 is 10.6 Å². The van der Waals surface area contributed by atoms with Gasteiger partial charge in [-0.25, -0.2) is 0 Å². The van der Waals surface area contributed by atoms with Crippen molar-refractivity contribution in [2.24, 2.45) is 12.8 Å². The molecule has 4 nitrogen and oxygen atoms in total. The molecule has 1 rings (SSSR count). The summed E-state index contributed by atoms with van der Waals surface area (Å²) in [5, 5.41) is 4.28. The van der Waals surface area contributed by atoms with Crippen LogP contribution in [0.1, 0.15) is 13.3 Å². The molecule has 74 valence electrons. The van der Waals surface area contributed by atoms with Crippen molar-refractivity contribution >= 4 is 5.82 Å². The molecule has 0 fully saturated rings. The van der Waals surface area contributed by atoms with Crippen LogP contribution in [0.4, 0.5) is 5.82 Å². The fourth-order valence-corrected chi connectivity index (χ4v) is 1.18. The second-order valence-electron chi connectivity index (χ2n) is 3.40. The molecular formula is C9H18N4. The number of hydrogen-bond donors (Lipinski definition) is 1. The zero-order chi connectivity index (χ0) is 9.84. The second kappa shape index (κ2) is 4.28. The first kappa shape index (κ1) is 10.1. The third-order valence-corrected chi connectivity index (χ3v) is 2.12. The van der Waals surface area contributed by atoms with Crippen molar-refractivity contribution in [2.45, 2.75) is 19.4 Å². The molecule has 0 spiro atoms. The van der Waals surface area contributed by atoms with Crippen LogP contribution in [0.25, 0.3) is 0 Å². The van der Waals surface area contributed by atoms with Gasteiger partial charge in [0.2, 0.25) is 0 Å². The minimum Gasteiger partial charge on any atom is -0.357 e. The van der Waals surface area contributed by atoms with Crippen LogP contribution in [-0.2, 0) is 7.05 Å². The Labute approximate surface area is 79.3 Å². The van der Waals surface area contributed by atoms with E-state index in [1.165, 1.54) is 0 Å². The van der Waals surface area contributed by atoms with Gasteiger partial charge in [-0.05, 0) is 6.42 Å². The standard InChI is InChI=1S/C9H18N4/c1-4-8(10)7-12(2)9-5-6-13(3)11-9/h5-6,8H,4,7,10H2,1-3H3. The summed E-state index contributed by atoms with van der Waals surface area (Å²) in [6.07, 6.45) is 2.93. The second-order valence-corrected chi connectivity index (χ2v) is 3.40. The van der Waals surface area contributed by atoms with Gasteiger partial charge in [-0.2, -0.15) is 5.10 Å². The zero-order valence-electron chi connectivity index (χ0n) is 8.57. The van der Waals surface area contributed by atoms with Crippen LogP contribution in [0, 0.1) is 0 Å². The normalized spacial score (nSPS) is 12.9. The Morgan fingerprint density at radius 3 is 2.85 bits per heavy atom. The Balaban J connectivity index is 2.53. The van der Waals surface area contributed by atoms with Crippen molar-refractivity contribution in [2.75, 3.05) is 18.5 Å². The van der Waals surface area contributed by atoms with E-state index in [9.17, 15) is 0 Å². The summed E-state index contributed by atoms with van der Waals surface area (Å²) >= 11 is 0. The molecule has 0 radical (unpaired) electrons. The van der Waals surface area contributed by atoms with Gasteiger partial charge in [0.15, 0.2) is 0 Å². The topological polar surface area (TPSA) is 47.1 Å². The molecule has 0 aliphatic rings. The fraction of sp³-hybridized carbons (Fsp3) is 0.667. The van der Waals surface area contributed by atoms with Crippen LogP contribution in [0.5, 0.6) is 0 Å². The third kappa shape index (κ3) is 2.73. The summed E-state index contributed by atoms with van der Waals surface area (Å²) in [6.45, 7) is 2.95. The minimum atomic E-state index is 0.229. The molecule has 0 saturated heterocycles. The quantitative estimate of drug-likeness (QED) is 0.741. The van der Waals surface area contributed by atoms with Gasteiger partial charge in [0.05, 0.1) is 0 Å². The minimum absolute atomic E-state index is 0.229. The van der Waals surface area contributed by atoms with E-state index in [0.29, 0.717) is 0 Å². The van der Waals surface area contributed by atoms with E-state index in [1.807, 2.05) is 26.4 Å². The molecule has 4 heteroatoms. The van der Waals surface area contributed by atoms with Gasteiger partial charge >= 0.3 is 0 Å². The molecule has 0 amide bonds. The molecule has 0 saturated carbocycles. The van der Waals surface area contributed by atoms with Crippen molar-refractivity contribution < 1.29 is 0 Å². The van der Waals surface area contributed by atoms with Gasteiger partial charge in [-0.15, -0.1) is 0 Å². The molecule has 13 heavy (non-hydrogen) atoms. The van der Waals surface area contributed by atoms with E-state index in [-0.39, 0.29) is 6.04 Å². The highest BCUT2D eigenvalue weighted by molar-refractivity contribution is 5.35. The molecule has 1 aromatic rings. The molecule has 0 bridgehead atoms. The van der Waals surface area contributed by atoms with Crippen LogP contribution < -0.4 is 10.6 Å². The van der Waals surface area contributed by atoms with Crippen LogP contribution in [0.15, 0.2) is 12.3 Å². The number of likely N-dealkylation sites (N-methyl/N-ethyl adjacent to an activating group) is 1. The third-order valence-electron chi connectivity index (χ3n) is 2.12. The maximum atomic E-state index is 5.84. The van der Waals surface area contributed by atoms with Crippen LogP contribution >= 0.6 is 0 Å². The van der Waals surface area contributed by atoms with Crippen LogP contribution in [-0.4, -0.2) is 29.4 Å². The van der Waals surface area contributed by atoms with E-state index in [4.69, 9.17) is 5.73 Å². The Morgan fingerprint density at radius 2 is 2.38 bits per heavy atom. The highest BCUT2D eigenvalue weighted by Gasteiger charge is 2.07. The Kier molecular flexibility index (Phi) is 3.31. The smallest absolute Gasteiger partial charge is 0.150 e. The van der Waals surface area contributed by atoms with Gasteiger partial charge in [-0.3, -0.25) is 4.68 Å². The predicted octanol–water partition coefficient (Wildman–Crippen LogP) is 0.594. The first-order chi connectivity index (χ1) is 6.13. The van der Waals surface area contributed by atoms with Crippen molar-refractivity contribution in [3.05, 3.63) is 12.3 Å². The molecular weight excluding hydrogens is 164 g/mol. The Morgan fingerprint density at radius 1 is 1.69 bits per heavy atom. The maximum Gasteiger partial charge on any atom is 0.150 e. The number of hydrogen-bond acceptors (Lipinski definition) is 3. The summed E-state index contributed by atoms with van der Waals surface area (Å²) in [6, 6.07) is 2.22. The van der Waals surface area contributed by atoms with Crippen molar-refractivity contribution in [1.29, 1.82) is 0 Å². The molecule has 1 unspecified atom stereocenters. The van der Waals surface area contributed by atoms with Gasteiger partial charge in [0.25, 0.3) is 0 Å². The largest absolute Gasteiger partial charge is 0.357 e. The van der Waals surface area contributed by atoms with Gasteiger partial charge in [0, 0.05) is 38.9 Å². The van der Waals surface area contributed by atoms with E-state index in [2.05, 4.69) is 16.9 Å². The first-order valence-corrected chi connectivity index (χ1v) is 4.60. The Hall–Kier alpha value is -1.03. The SMILES string of the molecule is CCC(N)CN(C)c1ccn(C)n1. The van der Waals surface area contributed by atoms with Gasteiger partial charge in [0.1, 0.15) is 5.82 Å². The molecule has 0 aliphatic carbocycles. The molecule has 2 N–H and O–H groups in total.